The maximum Gasteiger partial charge on any atom is 0.310 e. The summed E-state index contributed by atoms with van der Waals surface area (Å²) in [6, 6.07) is 1.01. The van der Waals surface area contributed by atoms with Gasteiger partial charge < -0.3 is 14.9 Å². The number of cyclic esters (lactones) is 1. The van der Waals surface area contributed by atoms with Crippen LogP contribution in [0.2, 0.25) is 5.02 Å². The van der Waals surface area contributed by atoms with E-state index in [2.05, 4.69) is 0 Å². The molecule has 25 heavy (non-hydrogen) atoms. The highest BCUT2D eigenvalue weighted by atomic mass is 35.5. The quantitative estimate of drug-likeness (QED) is 0.673. The molecular weight excluding hydrogens is 344 g/mol. The van der Waals surface area contributed by atoms with Crippen molar-refractivity contribution in [2.75, 3.05) is 0 Å². The molecule has 6 heteroatoms. The van der Waals surface area contributed by atoms with Crippen molar-refractivity contribution in [1.82, 2.24) is 0 Å². The first-order valence-electron chi connectivity index (χ1n) is 8.19. The molecule has 1 atom stereocenters. The predicted molar refractivity (Wildman–Crippen MR) is 95.1 cm³/mol. The van der Waals surface area contributed by atoms with E-state index in [1.54, 1.807) is 6.92 Å². The van der Waals surface area contributed by atoms with Crippen LogP contribution in [0.15, 0.2) is 17.7 Å². The zero-order valence-corrected chi connectivity index (χ0v) is 15.6. The van der Waals surface area contributed by atoms with Crippen LogP contribution in [0, 0.1) is 5.41 Å². The predicted octanol–water partition coefficient (Wildman–Crippen LogP) is 4.17. The molecule has 0 fully saturated rings. The van der Waals surface area contributed by atoms with Crippen LogP contribution in [0.3, 0.4) is 0 Å². The van der Waals surface area contributed by atoms with Crippen molar-refractivity contribution < 1.29 is 24.5 Å². The van der Waals surface area contributed by atoms with E-state index in [9.17, 15) is 19.8 Å². The molecule has 0 radical (unpaired) electrons. The van der Waals surface area contributed by atoms with Crippen molar-refractivity contribution in [2.45, 2.75) is 53.1 Å². The number of aromatic hydroxyl groups is 2. The molecule has 2 N–H and O–H groups in total. The van der Waals surface area contributed by atoms with E-state index in [0.717, 1.165) is 12.5 Å². The van der Waals surface area contributed by atoms with Crippen molar-refractivity contribution in [3.8, 4) is 11.5 Å². The third-order valence-corrected chi connectivity index (χ3v) is 5.30. The van der Waals surface area contributed by atoms with Crippen LogP contribution < -0.4 is 0 Å². The maximum absolute atomic E-state index is 12.7. The Hall–Kier alpha value is -2.01. The highest BCUT2D eigenvalue weighted by Crippen LogP contribution is 2.38. The van der Waals surface area contributed by atoms with Gasteiger partial charge in [-0.2, -0.15) is 0 Å². The molecule has 136 valence electrons. The summed E-state index contributed by atoms with van der Waals surface area (Å²) < 4.78 is 5.50. The molecule has 0 aromatic heterocycles. The fourth-order valence-electron chi connectivity index (χ4n) is 2.80. The number of benzene rings is 1. The Labute approximate surface area is 152 Å². The summed E-state index contributed by atoms with van der Waals surface area (Å²) in [4.78, 5) is 25.1. The maximum atomic E-state index is 12.7. The molecule has 0 amide bonds. The van der Waals surface area contributed by atoms with Crippen molar-refractivity contribution in [3.63, 3.8) is 0 Å². The summed E-state index contributed by atoms with van der Waals surface area (Å²) >= 11 is 6.11. The average molecular weight is 367 g/mol. The minimum atomic E-state index is -0.566. The lowest BCUT2D eigenvalue weighted by atomic mass is 9.82. The molecule has 0 aliphatic carbocycles. The fraction of sp³-hybridized carbons (Fsp3) is 0.474. The number of rotatable bonds is 0. The molecule has 1 aliphatic heterocycles. The number of ether oxygens (including phenoxy) is 1. The number of phenols is 2. The lowest BCUT2D eigenvalue weighted by Crippen LogP contribution is -2.32. The van der Waals surface area contributed by atoms with Crippen LogP contribution in [-0.4, -0.2) is 28.1 Å². The first-order valence-corrected chi connectivity index (χ1v) is 8.56. The number of phenolic OH excluding ortho intramolecular Hbond substituents is 2. The Kier molecular flexibility index (Phi) is 5.47. The monoisotopic (exact) mass is 366 g/mol. The molecule has 5 nitrogen and oxygen atoms in total. The first-order chi connectivity index (χ1) is 11.5. The van der Waals surface area contributed by atoms with Crippen molar-refractivity contribution in [2.24, 2.45) is 5.41 Å². The summed E-state index contributed by atoms with van der Waals surface area (Å²) in [6.45, 7) is 7.49. The second-order valence-corrected chi connectivity index (χ2v) is 7.51. The Morgan fingerprint density at radius 2 is 1.88 bits per heavy atom. The number of hydrogen-bond donors (Lipinski definition) is 2. The molecule has 1 aliphatic rings. The van der Waals surface area contributed by atoms with Crippen molar-refractivity contribution in [3.05, 3.63) is 33.9 Å². The molecule has 0 spiro atoms. The molecule has 0 saturated heterocycles. The topological polar surface area (TPSA) is 83.8 Å². The fourth-order valence-corrected chi connectivity index (χ4v) is 3.02. The number of carbonyl (C=O) groups is 2. The zero-order valence-electron chi connectivity index (χ0n) is 14.9. The van der Waals surface area contributed by atoms with Gasteiger partial charge in [-0.1, -0.05) is 31.5 Å². The molecule has 0 bridgehead atoms. The molecule has 0 saturated carbocycles. The molecule has 1 aromatic rings. The Balaban J connectivity index is 2.61. The lowest BCUT2D eigenvalue weighted by molar-refractivity contribution is -0.153. The number of allylic oxidation sites excluding steroid dienone is 2. The van der Waals surface area contributed by atoms with Crippen molar-refractivity contribution >= 4 is 23.4 Å². The highest BCUT2D eigenvalue weighted by molar-refractivity contribution is 6.34. The van der Waals surface area contributed by atoms with E-state index in [4.69, 9.17) is 16.3 Å². The van der Waals surface area contributed by atoms with Gasteiger partial charge in [-0.3, -0.25) is 9.59 Å². The number of ketones is 1. The Bertz CT molecular complexity index is 749. The van der Waals surface area contributed by atoms with Gasteiger partial charge in [0.1, 0.15) is 17.6 Å². The number of fused-ring (bicyclic) bond motifs is 1. The molecule has 1 aromatic carbocycles. The SMILES string of the molecule is C/C1=C\CCC(C)(C)[C@@H](C)OC(=O)Cc2c(Cl)c(O)cc(O)c2C1=O. The van der Waals surface area contributed by atoms with Crippen LogP contribution in [0.25, 0.3) is 0 Å². The summed E-state index contributed by atoms with van der Waals surface area (Å²) in [5.41, 5.74) is 0.201. The largest absolute Gasteiger partial charge is 0.507 e. The zero-order chi connectivity index (χ0) is 18.9. The normalized spacial score (nSPS) is 23.6. The van der Waals surface area contributed by atoms with E-state index in [-0.39, 0.29) is 39.8 Å². The van der Waals surface area contributed by atoms with Crippen LogP contribution >= 0.6 is 11.6 Å². The third-order valence-electron chi connectivity index (χ3n) is 4.88. The van der Waals surface area contributed by atoms with Gasteiger partial charge in [0.2, 0.25) is 0 Å². The van der Waals surface area contributed by atoms with Crippen LogP contribution in [0.4, 0.5) is 0 Å². The van der Waals surface area contributed by atoms with Gasteiger partial charge in [0, 0.05) is 17.0 Å². The smallest absolute Gasteiger partial charge is 0.310 e. The molecule has 1 heterocycles. The number of hydrogen-bond acceptors (Lipinski definition) is 5. The summed E-state index contributed by atoms with van der Waals surface area (Å²) in [5, 5.41) is 19.9. The van der Waals surface area contributed by atoms with Gasteiger partial charge in [-0.15, -0.1) is 0 Å². The molecular formula is C19H23ClO5. The van der Waals surface area contributed by atoms with E-state index < -0.39 is 17.5 Å². The summed E-state index contributed by atoms with van der Waals surface area (Å²) in [6.07, 6.45) is 2.53. The van der Waals surface area contributed by atoms with E-state index in [1.807, 2.05) is 26.8 Å². The van der Waals surface area contributed by atoms with Gasteiger partial charge in [0.15, 0.2) is 5.78 Å². The van der Waals surface area contributed by atoms with Gasteiger partial charge in [-0.25, -0.2) is 0 Å². The number of Topliss-reactive ketones (excluding diaryl/α,β-unsaturated/α-hetero) is 1. The molecule has 2 rings (SSSR count). The number of esters is 1. The standard InChI is InChI=1S/C19H23ClO5/c1-10-6-5-7-19(3,4)11(2)25-15(23)8-12-16(18(10)24)13(21)9-14(22)17(12)20/h6,9,11,21-22H,5,7-8H2,1-4H3/b10-6+/t11-/m1/s1. The summed E-state index contributed by atoms with van der Waals surface area (Å²) in [5.74, 6) is -1.79. The van der Waals surface area contributed by atoms with Crippen LogP contribution in [0.5, 0.6) is 11.5 Å². The average Bonchev–Trinajstić information content (AvgIpc) is 2.50. The first kappa shape index (κ1) is 19.3. The Morgan fingerprint density at radius 1 is 1.24 bits per heavy atom. The van der Waals surface area contributed by atoms with Gasteiger partial charge in [0.05, 0.1) is 17.0 Å². The minimum absolute atomic E-state index is 0.0685. The number of carbonyl (C=O) groups excluding carboxylic acids is 2. The van der Waals surface area contributed by atoms with Crippen LogP contribution in [0.1, 0.15) is 56.5 Å². The Morgan fingerprint density at radius 3 is 2.52 bits per heavy atom. The van der Waals surface area contributed by atoms with Gasteiger partial charge in [-0.05, 0) is 32.3 Å². The second kappa shape index (κ2) is 7.08. The number of halogens is 1. The van der Waals surface area contributed by atoms with Gasteiger partial charge in [0.25, 0.3) is 0 Å². The van der Waals surface area contributed by atoms with E-state index in [1.165, 1.54) is 0 Å². The highest BCUT2D eigenvalue weighted by Gasteiger charge is 2.31. The van der Waals surface area contributed by atoms with Crippen LogP contribution in [-0.2, 0) is 16.0 Å². The van der Waals surface area contributed by atoms with Gasteiger partial charge >= 0.3 is 5.97 Å². The third kappa shape index (κ3) is 3.98. The lowest BCUT2D eigenvalue weighted by Gasteiger charge is -2.31. The summed E-state index contributed by atoms with van der Waals surface area (Å²) in [7, 11) is 0. The van der Waals surface area contributed by atoms with Crippen molar-refractivity contribution in [1.29, 1.82) is 0 Å². The second-order valence-electron chi connectivity index (χ2n) is 7.13. The molecule has 0 unspecified atom stereocenters. The van der Waals surface area contributed by atoms with E-state index in [0.29, 0.717) is 12.0 Å². The minimum Gasteiger partial charge on any atom is -0.507 e. The van der Waals surface area contributed by atoms with E-state index >= 15 is 0 Å².